The zero-order valence-electron chi connectivity index (χ0n) is 17.1. The van der Waals surface area contributed by atoms with E-state index in [1.807, 2.05) is 35.0 Å². The first-order chi connectivity index (χ1) is 14.8. The van der Waals surface area contributed by atoms with Gasteiger partial charge in [0, 0.05) is 24.0 Å². The maximum absolute atomic E-state index is 12.2. The fourth-order valence-corrected chi connectivity index (χ4v) is 3.80. The number of para-hydroxylation sites is 2. The van der Waals surface area contributed by atoms with Crippen LogP contribution in [-0.2, 0) is 24.2 Å². The van der Waals surface area contributed by atoms with Gasteiger partial charge in [-0.3, -0.25) is 14.5 Å². The van der Waals surface area contributed by atoms with Gasteiger partial charge in [-0.15, -0.1) is 0 Å². The lowest BCUT2D eigenvalue weighted by atomic mass is 9.95. The molecule has 0 atom stereocenters. The Morgan fingerprint density at radius 1 is 1.10 bits per heavy atom. The lowest BCUT2D eigenvalue weighted by Gasteiger charge is -2.14. The van der Waals surface area contributed by atoms with Gasteiger partial charge in [-0.1, -0.05) is 18.2 Å². The summed E-state index contributed by atoms with van der Waals surface area (Å²) in [5.41, 5.74) is 4.44. The Morgan fingerprint density at radius 2 is 1.90 bits per heavy atom. The van der Waals surface area contributed by atoms with Crippen molar-refractivity contribution in [1.82, 2.24) is 20.1 Å². The second kappa shape index (κ2) is 9.43. The highest BCUT2D eigenvalue weighted by Gasteiger charge is 2.22. The summed E-state index contributed by atoms with van der Waals surface area (Å²) in [4.78, 5) is 16.7. The lowest BCUT2D eigenvalue weighted by molar-refractivity contribution is -0.123. The zero-order valence-corrected chi connectivity index (χ0v) is 17.1. The number of hydrogen-bond donors (Lipinski definition) is 1. The van der Waals surface area contributed by atoms with Crippen LogP contribution in [0.2, 0.25) is 0 Å². The van der Waals surface area contributed by atoms with Crippen LogP contribution in [0.1, 0.15) is 24.1 Å². The number of pyridine rings is 1. The van der Waals surface area contributed by atoms with Crippen molar-refractivity contribution in [3.8, 4) is 22.9 Å². The number of amides is 1. The molecule has 1 amide bonds. The molecule has 2 heterocycles. The monoisotopic (exact) mass is 406 g/mol. The van der Waals surface area contributed by atoms with Crippen LogP contribution in [0.3, 0.4) is 0 Å². The van der Waals surface area contributed by atoms with Gasteiger partial charge >= 0.3 is 0 Å². The van der Waals surface area contributed by atoms with E-state index < -0.39 is 0 Å². The molecule has 7 nitrogen and oxygen atoms in total. The molecule has 7 heteroatoms. The molecule has 1 aromatic carbocycles. The van der Waals surface area contributed by atoms with Crippen molar-refractivity contribution in [2.24, 2.45) is 0 Å². The maximum atomic E-state index is 12.2. The van der Waals surface area contributed by atoms with E-state index in [1.165, 1.54) is 24.1 Å². The molecule has 0 unspecified atom stereocenters. The Labute approximate surface area is 176 Å². The van der Waals surface area contributed by atoms with Crippen LogP contribution in [0.4, 0.5) is 0 Å². The zero-order chi connectivity index (χ0) is 20.8. The van der Waals surface area contributed by atoms with E-state index in [0.717, 1.165) is 24.2 Å². The van der Waals surface area contributed by atoms with Gasteiger partial charge < -0.3 is 14.8 Å². The number of aromatic nitrogens is 3. The second-order valence-corrected chi connectivity index (χ2v) is 7.21. The molecule has 1 aliphatic carbocycles. The van der Waals surface area contributed by atoms with Crippen molar-refractivity contribution in [1.29, 1.82) is 0 Å². The van der Waals surface area contributed by atoms with E-state index in [-0.39, 0.29) is 12.5 Å². The normalized spacial score (nSPS) is 12.8. The number of benzene rings is 1. The first-order valence-corrected chi connectivity index (χ1v) is 10.3. The minimum atomic E-state index is -0.174. The fraction of sp³-hybridized carbons (Fsp3) is 0.348. The number of carbonyl (C=O) groups is 1. The SMILES string of the molecule is COc1ccccc1OCC(=O)NCCn1nc(-c2ccccn2)c2c1CCCC2. The molecule has 4 rings (SSSR count). The largest absolute Gasteiger partial charge is 0.493 e. The highest BCUT2D eigenvalue weighted by molar-refractivity contribution is 5.77. The molecule has 30 heavy (non-hydrogen) atoms. The first-order valence-electron chi connectivity index (χ1n) is 10.3. The number of fused-ring (bicyclic) bond motifs is 1. The van der Waals surface area contributed by atoms with E-state index in [0.29, 0.717) is 24.6 Å². The number of rotatable bonds is 8. The van der Waals surface area contributed by atoms with Crippen molar-refractivity contribution in [2.45, 2.75) is 32.2 Å². The summed E-state index contributed by atoms with van der Waals surface area (Å²) in [6.07, 6.45) is 6.18. The smallest absolute Gasteiger partial charge is 0.258 e. The number of nitrogens with one attached hydrogen (secondary N) is 1. The third-order valence-corrected chi connectivity index (χ3v) is 5.24. The number of nitrogens with zero attached hydrogens (tertiary/aromatic N) is 3. The maximum Gasteiger partial charge on any atom is 0.258 e. The third-order valence-electron chi connectivity index (χ3n) is 5.24. The van der Waals surface area contributed by atoms with Gasteiger partial charge in [-0.05, 0) is 49.9 Å². The number of methoxy groups -OCH3 is 1. The van der Waals surface area contributed by atoms with Crippen molar-refractivity contribution >= 4 is 5.91 Å². The molecule has 156 valence electrons. The standard InChI is InChI=1S/C23H26N4O3/c1-29-20-11-4-5-12-21(20)30-16-22(28)25-14-15-27-19-10-3-2-8-17(19)23(26-27)18-9-6-7-13-24-18/h4-7,9,11-13H,2-3,8,10,14-16H2,1H3,(H,25,28). The van der Waals surface area contributed by atoms with Crippen molar-refractivity contribution < 1.29 is 14.3 Å². The molecule has 0 bridgehead atoms. The van der Waals surface area contributed by atoms with Gasteiger partial charge in [0.2, 0.25) is 0 Å². The minimum Gasteiger partial charge on any atom is -0.493 e. The van der Waals surface area contributed by atoms with Crippen LogP contribution in [0, 0.1) is 0 Å². The van der Waals surface area contributed by atoms with Crippen LogP contribution in [0.15, 0.2) is 48.7 Å². The average Bonchev–Trinajstić information content (AvgIpc) is 3.17. The van der Waals surface area contributed by atoms with Crippen LogP contribution < -0.4 is 14.8 Å². The molecule has 0 aliphatic heterocycles. The fourth-order valence-electron chi connectivity index (χ4n) is 3.80. The first kappa shape index (κ1) is 19.9. The Balaban J connectivity index is 1.36. The van der Waals surface area contributed by atoms with Gasteiger partial charge in [0.25, 0.3) is 5.91 Å². The number of ether oxygens (including phenoxy) is 2. The molecule has 2 aromatic heterocycles. The molecular formula is C23H26N4O3. The summed E-state index contributed by atoms with van der Waals surface area (Å²) in [7, 11) is 1.58. The quantitative estimate of drug-likeness (QED) is 0.622. The molecule has 0 radical (unpaired) electrons. The summed E-state index contributed by atoms with van der Waals surface area (Å²) in [5, 5.41) is 7.74. The molecule has 3 aromatic rings. The van der Waals surface area contributed by atoms with E-state index in [2.05, 4.69) is 10.3 Å². The lowest BCUT2D eigenvalue weighted by Crippen LogP contribution is -2.32. The summed E-state index contributed by atoms with van der Waals surface area (Å²) < 4.78 is 12.8. The van der Waals surface area contributed by atoms with Gasteiger partial charge in [0.1, 0.15) is 5.69 Å². The Bertz CT molecular complexity index is 1000. The van der Waals surface area contributed by atoms with Gasteiger partial charge in [0.15, 0.2) is 18.1 Å². The Kier molecular flexibility index (Phi) is 6.27. The number of carbonyl (C=O) groups excluding carboxylic acids is 1. The summed E-state index contributed by atoms with van der Waals surface area (Å²) in [6, 6.07) is 13.2. The van der Waals surface area contributed by atoms with Gasteiger partial charge in [-0.2, -0.15) is 5.10 Å². The molecule has 1 N–H and O–H groups in total. The second-order valence-electron chi connectivity index (χ2n) is 7.21. The van der Waals surface area contributed by atoms with Crippen LogP contribution in [-0.4, -0.2) is 40.9 Å². The Morgan fingerprint density at radius 3 is 2.70 bits per heavy atom. The third kappa shape index (κ3) is 4.45. The van der Waals surface area contributed by atoms with Crippen molar-refractivity contribution in [3.63, 3.8) is 0 Å². The van der Waals surface area contributed by atoms with E-state index in [1.54, 1.807) is 25.4 Å². The van der Waals surface area contributed by atoms with Crippen molar-refractivity contribution in [3.05, 3.63) is 59.9 Å². The molecule has 0 saturated heterocycles. The average molecular weight is 406 g/mol. The number of hydrogen-bond acceptors (Lipinski definition) is 5. The topological polar surface area (TPSA) is 78.3 Å². The van der Waals surface area contributed by atoms with Crippen LogP contribution in [0.25, 0.3) is 11.4 Å². The Hall–Kier alpha value is -3.35. The molecule has 0 spiro atoms. The van der Waals surface area contributed by atoms with Crippen LogP contribution >= 0.6 is 0 Å². The van der Waals surface area contributed by atoms with E-state index in [4.69, 9.17) is 14.6 Å². The molecule has 0 fully saturated rings. The highest BCUT2D eigenvalue weighted by Crippen LogP contribution is 2.30. The van der Waals surface area contributed by atoms with Gasteiger partial charge in [-0.25, -0.2) is 0 Å². The molecular weight excluding hydrogens is 380 g/mol. The molecule has 0 saturated carbocycles. The minimum absolute atomic E-state index is 0.0588. The van der Waals surface area contributed by atoms with E-state index in [9.17, 15) is 4.79 Å². The van der Waals surface area contributed by atoms with Crippen LogP contribution in [0.5, 0.6) is 11.5 Å². The highest BCUT2D eigenvalue weighted by atomic mass is 16.5. The summed E-state index contributed by atoms with van der Waals surface area (Å²) >= 11 is 0. The van der Waals surface area contributed by atoms with Gasteiger partial charge in [0.05, 0.1) is 19.3 Å². The predicted octanol–water partition coefficient (Wildman–Crippen LogP) is 3.03. The van der Waals surface area contributed by atoms with E-state index >= 15 is 0 Å². The summed E-state index contributed by atoms with van der Waals surface area (Å²) in [6.45, 7) is 1.05. The summed E-state index contributed by atoms with van der Waals surface area (Å²) in [5.74, 6) is 0.985. The molecule has 1 aliphatic rings. The van der Waals surface area contributed by atoms with Crippen molar-refractivity contribution in [2.75, 3.05) is 20.3 Å². The predicted molar refractivity (Wildman–Crippen MR) is 114 cm³/mol.